The van der Waals surface area contributed by atoms with E-state index in [-0.39, 0.29) is 5.91 Å². The molecule has 0 radical (unpaired) electrons. The highest BCUT2D eigenvalue weighted by atomic mass is 16.5. The second-order valence-corrected chi connectivity index (χ2v) is 9.19. The first-order chi connectivity index (χ1) is 13.3. The Hall–Kier alpha value is -2.07. The lowest BCUT2D eigenvalue weighted by Crippen LogP contribution is -2.30. The fraction of sp³-hybridized carbons (Fsp3) is 0.542. The number of primary amides is 1. The summed E-state index contributed by atoms with van der Waals surface area (Å²) in [5, 5.41) is 5.65. The molecule has 152 valence electrons. The summed E-state index contributed by atoms with van der Waals surface area (Å²) in [6.07, 6.45) is 5.52. The zero-order valence-electron chi connectivity index (χ0n) is 17.5. The van der Waals surface area contributed by atoms with Crippen molar-refractivity contribution in [2.45, 2.75) is 65.5 Å². The van der Waals surface area contributed by atoms with E-state index in [0.717, 1.165) is 31.1 Å². The number of nitrogens with one attached hydrogen (secondary N) is 1. The van der Waals surface area contributed by atoms with E-state index in [2.05, 4.69) is 62.5 Å². The zero-order chi connectivity index (χ0) is 20.1. The Morgan fingerprint density at radius 1 is 1.07 bits per heavy atom. The summed E-state index contributed by atoms with van der Waals surface area (Å²) in [5.74, 6) is 1.50. The highest BCUT2D eigenvalue weighted by Gasteiger charge is 2.30. The summed E-state index contributed by atoms with van der Waals surface area (Å²) in [6.45, 7) is 8.40. The first-order valence-corrected chi connectivity index (χ1v) is 10.5. The van der Waals surface area contributed by atoms with Gasteiger partial charge in [0.15, 0.2) is 0 Å². The smallest absolute Gasteiger partial charge is 0.218 e. The van der Waals surface area contributed by atoms with E-state index in [1.54, 1.807) is 0 Å². The molecule has 1 aliphatic carbocycles. The van der Waals surface area contributed by atoms with Crippen LogP contribution >= 0.6 is 0 Å². The molecule has 1 amide bonds. The van der Waals surface area contributed by atoms with E-state index in [1.165, 1.54) is 29.2 Å². The van der Waals surface area contributed by atoms with Gasteiger partial charge in [-0.25, -0.2) is 0 Å². The lowest BCUT2D eigenvalue weighted by atomic mass is 9.72. The van der Waals surface area contributed by atoms with Gasteiger partial charge >= 0.3 is 0 Å². The van der Waals surface area contributed by atoms with Crippen LogP contribution in [0.1, 0.15) is 58.4 Å². The monoisotopic (exact) mass is 382 g/mol. The number of nitrogens with two attached hydrogens (primary N) is 1. The van der Waals surface area contributed by atoms with E-state index in [4.69, 9.17) is 10.5 Å². The normalized spacial score (nSPS) is 20.2. The third kappa shape index (κ3) is 5.71. The van der Waals surface area contributed by atoms with Gasteiger partial charge in [0.25, 0.3) is 0 Å². The van der Waals surface area contributed by atoms with Gasteiger partial charge in [-0.1, -0.05) is 39.0 Å². The number of rotatable bonds is 7. The number of hydrogen-bond donors (Lipinski definition) is 2. The second-order valence-electron chi connectivity index (χ2n) is 9.19. The average Bonchev–Trinajstić information content (AvgIpc) is 2.65. The molecule has 1 saturated carbocycles. The maximum atomic E-state index is 10.8. The predicted octanol–water partition coefficient (Wildman–Crippen LogP) is 4.79. The lowest BCUT2D eigenvalue weighted by Gasteiger charge is -2.37. The molecule has 2 aromatic carbocycles. The Morgan fingerprint density at radius 2 is 1.75 bits per heavy atom. The van der Waals surface area contributed by atoms with Crippen LogP contribution in [0.25, 0.3) is 10.8 Å². The molecule has 4 nitrogen and oxygen atoms in total. The highest BCUT2D eigenvalue weighted by molar-refractivity contribution is 5.84. The van der Waals surface area contributed by atoms with Gasteiger partial charge in [-0.3, -0.25) is 4.79 Å². The number of fused-ring (bicyclic) bond motifs is 1. The molecule has 0 heterocycles. The molecule has 0 atom stereocenters. The van der Waals surface area contributed by atoms with Crippen molar-refractivity contribution in [3.8, 4) is 5.75 Å². The highest BCUT2D eigenvalue weighted by Crippen LogP contribution is 2.39. The predicted molar refractivity (Wildman–Crippen MR) is 115 cm³/mol. The summed E-state index contributed by atoms with van der Waals surface area (Å²) in [5.41, 5.74) is 6.77. The number of amides is 1. The Morgan fingerprint density at radius 3 is 2.43 bits per heavy atom. The van der Waals surface area contributed by atoms with Gasteiger partial charge in [-0.2, -0.15) is 0 Å². The molecular formula is C24H34N2O2. The van der Waals surface area contributed by atoms with Crippen molar-refractivity contribution < 1.29 is 9.53 Å². The van der Waals surface area contributed by atoms with Gasteiger partial charge in [0.05, 0.1) is 6.10 Å². The lowest BCUT2D eigenvalue weighted by molar-refractivity contribution is -0.117. The Bertz CT molecular complexity index is 802. The largest absolute Gasteiger partial charge is 0.490 e. The summed E-state index contributed by atoms with van der Waals surface area (Å²) in [4.78, 5) is 10.8. The second kappa shape index (κ2) is 8.95. The summed E-state index contributed by atoms with van der Waals surface area (Å²) >= 11 is 0. The van der Waals surface area contributed by atoms with Crippen LogP contribution in [0.15, 0.2) is 36.4 Å². The molecule has 1 aliphatic rings. The molecule has 3 rings (SSSR count). The molecule has 2 aromatic rings. The van der Waals surface area contributed by atoms with Crippen LogP contribution in [0.2, 0.25) is 0 Å². The average molecular weight is 383 g/mol. The number of carbonyl (C=O) groups is 1. The minimum Gasteiger partial charge on any atom is -0.490 e. The molecule has 4 heteroatoms. The van der Waals surface area contributed by atoms with Gasteiger partial charge in [0.2, 0.25) is 5.91 Å². The quantitative estimate of drug-likeness (QED) is 0.677. The van der Waals surface area contributed by atoms with E-state index in [1.807, 2.05) is 0 Å². The van der Waals surface area contributed by atoms with Crippen molar-refractivity contribution >= 4 is 16.7 Å². The molecule has 28 heavy (non-hydrogen) atoms. The standard InChI is InChI=1S/C24H34N2O2/c1-24(2,3)20-7-10-21(11-8-20)28-22-9-6-18-14-17(4-5-19(18)15-22)16-26-13-12-23(25)27/h4-6,9,14-15,20-21,26H,7-8,10-13,16H2,1-3H3,(H2,25,27). The number of benzene rings is 2. The molecule has 0 aliphatic heterocycles. The Balaban J connectivity index is 1.56. The minimum atomic E-state index is -0.273. The molecule has 1 fully saturated rings. The van der Waals surface area contributed by atoms with Gasteiger partial charge in [0, 0.05) is 19.5 Å². The summed E-state index contributed by atoms with van der Waals surface area (Å²) < 4.78 is 6.30. The van der Waals surface area contributed by atoms with Crippen LogP contribution in [-0.2, 0) is 11.3 Å². The fourth-order valence-electron chi connectivity index (χ4n) is 4.14. The molecular weight excluding hydrogens is 348 g/mol. The molecule has 0 spiro atoms. The van der Waals surface area contributed by atoms with Gasteiger partial charge in [-0.05, 0) is 71.6 Å². The van der Waals surface area contributed by atoms with E-state index in [0.29, 0.717) is 24.5 Å². The first-order valence-electron chi connectivity index (χ1n) is 10.5. The first kappa shape index (κ1) is 20.7. The van der Waals surface area contributed by atoms with Crippen LogP contribution in [0.3, 0.4) is 0 Å². The minimum absolute atomic E-state index is 0.273. The number of carbonyl (C=O) groups excluding carboxylic acids is 1. The van der Waals surface area contributed by atoms with Crippen molar-refractivity contribution in [3.63, 3.8) is 0 Å². The molecule has 3 N–H and O–H groups in total. The van der Waals surface area contributed by atoms with E-state index >= 15 is 0 Å². The molecule has 0 unspecified atom stereocenters. The van der Waals surface area contributed by atoms with E-state index < -0.39 is 0 Å². The van der Waals surface area contributed by atoms with Crippen LogP contribution in [0, 0.1) is 11.3 Å². The van der Waals surface area contributed by atoms with Crippen LogP contribution in [0.4, 0.5) is 0 Å². The van der Waals surface area contributed by atoms with Crippen molar-refractivity contribution in [1.29, 1.82) is 0 Å². The van der Waals surface area contributed by atoms with Crippen LogP contribution in [-0.4, -0.2) is 18.6 Å². The van der Waals surface area contributed by atoms with E-state index in [9.17, 15) is 4.79 Å². The zero-order valence-corrected chi connectivity index (χ0v) is 17.5. The summed E-state index contributed by atoms with van der Waals surface area (Å²) in [7, 11) is 0. The molecule has 0 aromatic heterocycles. The molecule has 0 bridgehead atoms. The third-order valence-corrected chi connectivity index (χ3v) is 5.96. The van der Waals surface area contributed by atoms with Crippen LogP contribution < -0.4 is 15.8 Å². The third-order valence-electron chi connectivity index (χ3n) is 5.96. The molecule has 0 saturated heterocycles. The Labute approximate surface area is 168 Å². The van der Waals surface area contributed by atoms with Gasteiger partial charge in [-0.15, -0.1) is 0 Å². The van der Waals surface area contributed by atoms with Crippen LogP contribution in [0.5, 0.6) is 5.75 Å². The SMILES string of the molecule is CC(C)(C)C1CCC(Oc2ccc3cc(CNCCC(N)=O)ccc3c2)CC1. The van der Waals surface area contributed by atoms with Crippen molar-refractivity contribution in [2.24, 2.45) is 17.1 Å². The summed E-state index contributed by atoms with van der Waals surface area (Å²) in [6, 6.07) is 12.8. The Kier molecular flexibility index (Phi) is 6.61. The van der Waals surface area contributed by atoms with Crippen molar-refractivity contribution in [1.82, 2.24) is 5.32 Å². The number of ether oxygens (including phenoxy) is 1. The number of hydrogen-bond acceptors (Lipinski definition) is 3. The fourth-order valence-corrected chi connectivity index (χ4v) is 4.14. The van der Waals surface area contributed by atoms with Gasteiger partial charge in [0.1, 0.15) is 5.75 Å². The van der Waals surface area contributed by atoms with Gasteiger partial charge < -0.3 is 15.8 Å². The topological polar surface area (TPSA) is 64.3 Å². The maximum absolute atomic E-state index is 10.8. The van der Waals surface area contributed by atoms with Crippen molar-refractivity contribution in [3.05, 3.63) is 42.0 Å². The maximum Gasteiger partial charge on any atom is 0.218 e. The van der Waals surface area contributed by atoms with Crippen molar-refractivity contribution in [2.75, 3.05) is 6.54 Å².